The number of allylic oxidation sites excluding steroid dienone is 2. The summed E-state index contributed by atoms with van der Waals surface area (Å²) >= 11 is 12.0. The number of carbonyl (C=O) groups excluding carboxylic acids is 2. The van der Waals surface area contributed by atoms with Crippen LogP contribution in [-0.4, -0.2) is 29.6 Å². The normalized spacial score (nSPS) is 16.0. The maximum absolute atomic E-state index is 13.2. The predicted octanol–water partition coefficient (Wildman–Crippen LogP) is 5.36. The van der Waals surface area contributed by atoms with E-state index in [9.17, 15) is 9.59 Å². The first-order valence-electron chi connectivity index (χ1n) is 10.6. The zero-order valence-electron chi connectivity index (χ0n) is 18.9. The Morgan fingerprint density at radius 2 is 1.76 bits per heavy atom. The van der Waals surface area contributed by atoms with Crippen LogP contribution in [0.3, 0.4) is 0 Å². The van der Waals surface area contributed by atoms with Gasteiger partial charge in [-0.3, -0.25) is 4.98 Å². The number of carbonyl (C=O) groups is 2. The van der Waals surface area contributed by atoms with Gasteiger partial charge in [-0.1, -0.05) is 35.3 Å². The Morgan fingerprint density at radius 3 is 2.36 bits per heavy atom. The Balaban J connectivity index is 1.87. The van der Waals surface area contributed by atoms with Crippen LogP contribution in [0.25, 0.3) is 0 Å². The van der Waals surface area contributed by atoms with Gasteiger partial charge in [-0.25, -0.2) is 9.59 Å². The van der Waals surface area contributed by atoms with Crippen molar-refractivity contribution >= 4 is 35.1 Å². The Labute approximate surface area is 203 Å². The largest absolute Gasteiger partial charge is 0.462 e. The summed E-state index contributed by atoms with van der Waals surface area (Å²) in [7, 11) is 0. The predicted molar refractivity (Wildman–Crippen MR) is 128 cm³/mol. The van der Waals surface area contributed by atoms with E-state index in [-0.39, 0.29) is 12.7 Å². The molecule has 0 aliphatic carbocycles. The Morgan fingerprint density at radius 1 is 1.06 bits per heavy atom. The zero-order chi connectivity index (χ0) is 24.1. The number of esters is 2. The zero-order valence-corrected chi connectivity index (χ0v) is 20.5. The van der Waals surface area contributed by atoms with Gasteiger partial charge in [0, 0.05) is 30.2 Å². The molecule has 8 heteroatoms. The highest BCUT2D eigenvalue weighted by Gasteiger charge is 2.38. The summed E-state index contributed by atoms with van der Waals surface area (Å²) < 4.78 is 11.1. The summed E-state index contributed by atoms with van der Waals surface area (Å²) in [6.45, 7) is 7.27. The number of nitrogens with one attached hydrogen (secondary N) is 1. The first-order valence-corrected chi connectivity index (χ1v) is 11.3. The quantitative estimate of drug-likeness (QED) is 0.528. The standard InChI is InChI=1S/C25H26Cl2N2O4/c1-14(2)33-25(31)22-16(4)29-15(3)21(23(22)18-6-5-10-28-13-18)24(30)32-11-9-17-7-8-19(26)20(27)12-17/h5-8,10,12-14,23,29H,9,11H2,1-4H3. The molecule has 6 nitrogen and oxygen atoms in total. The van der Waals surface area contributed by atoms with Crippen LogP contribution in [0.4, 0.5) is 0 Å². The van der Waals surface area contributed by atoms with Gasteiger partial charge in [-0.05, 0) is 57.0 Å². The lowest BCUT2D eigenvalue weighted by Gasteiger charge is -2.30. The molecule has 1 N–H and O–H groups in total. The Hall–Kier alpha value is -2.83. The average Bonchev–Trinajstić information content (AvgIpc) is 2.75. The topological polar surface area (TPSA) is 77.5 Å². The lowest BCUT2D eigenvalue weighted by Crippen LogP contribution is -2.33. The fraction of sp³-hybridized carbons (Fsp3) is 0.320. The maximum Gasteiger partial charge on any atom is 0.337 e. The highest BCUT2D eigenvalue weighted by Crippen LogP contribution is 2.39. The van der Waals surface area contributed by atoms with E-state index >= 15 is 0 Å². The monoisotopic (exact) mass is 488 g/mol. The molecule has 3 rings (SSSR count). The van der Waals surface area contributed by atoms with Gasteiger partial charge in [0.25, 0.3) is 0 Å². The van der Waals surface area contributed by atoms with Crippen molar-refractivity contribution in [3.8, 4) is 0 Å². The van der Waals surface area contributed by atoms with E-state index in [4.69, 9.17) is 32.7 Å². The van der Waals surface area contributed by atoms with Crippen molar-refractivity contribution in [2.24, 2.45) is 0 Å². The first-order chi connectivity index (χ1) is 15.7. The van der Waals surface area contributed by atoms with E-state index in [2.05, 4.69) is 10.3 Å². The number of pyridine rings is 1. The van der Waals surface area contributed by atoms with Crippen LogP contribution >= 0.6 is 23.2 Å². The van der Waals surface area contributed by atoms with Crippen molar-refractivity contribution < 1.29 is 19.1 Å². The number of hydrogen-bond donors (Lipinski definition) is 1. The van der Waals surface area contributed by atoms with Crippen LogP contribution < -0.4 is 5.32 Å². The summed E-state index contributed by atoms with van der Waals surface area (Å²) in [5, 5.41) is 4.05. The maximum atomic E-state index is 13.2. The van der Waals surface area contributed by atoms with Crippen molar-refractivity contribution in [2.75, 3.05) is 6.61 Å². The van der Waals surface area contributed by atoms with Crippen molar-refractivity contribution in [1.82, 2.24) is 10.3 Å². The summed E-state index contributed by atoms with van der Waals surface area (Å²) in [5.41, 5.74) is 3.54. The van der Waals surface area contributed by atoms with Gasteiger partial charge in [0.15, 0.2) is 0 Å². The van der Waals surface area contributed by atoms with Crippen LogP contribution in [0.15, 0.2) is 65.3 Å². The Bertz CT molecular complexity index is 1110. The third-order valence-electron chi connectivity index (χ3n) is 5.17. The summed E-state index contributed by atoms with van der Waals surface area (Å²) in [5.74, 6) is -1.67. The summed E-state index contributed by atoms with van der Waals surface area (Å²) in [6.07, 6.45) is 3.44. The van der Waals surface area contributed by atoms with Gasteiger partial charge < -0.3 is 14.8 Å². The number of ether oxygens (including phenoxy) is 2. The van der Waals surface area contributed by atoms with Crippen LogP contribution in [-0.2, 0) is 25.5 Å². The lowest BCUT2D eigenvalue weighted by atomic mass is 9.81. The van der Waals surface area contributed by atoms with Crippen LogP contribution in [0.5, 0.6) is 0 Å². The molecule has 1 aromatic carbocycles. The average molecular weight is 489 g/mol. The summed E-state index contributed by atoms with van der Waals surface area (Å²) in [4.78, 5) is 30.4. The number of benzene rings is 1. The molecule has 0 spiro atoms. The molecule has 1 aromatic heterocycles. The van der Waals surface area contributed by atoms with Gasteiger partial charge in [-0.2, -0.15) is 0 Å². The fourth-order valence-corrected chi connectivity index (χ4v) is 4.05. The number of hydrogen-bond acceptors (Lipinski definition) is 6. The molecule has 0 saturated heterocycles. The van der Waals surface area contributed by atoms with Gasteiger partial charge in [-0.15, -0.1) is 0 Å². The fourth-order valence-electron chi connectivity index (χ4n) is 3.73. The van der Waals surface area contributed by atoms with Gasteiger partial charge in [0.2, 0.25) is 0 Å². The highest BCUT2D eigenvalue weighted by molar-refractivity contribution is 6.42. The number of halogens is 2. The lowest BCUT2D eigenvalue weighted by molar-refractivity contribution is -0.143. The molecular weight excluding hydrogens is 463 g/mol. The third kappa shape index (κ3) is 5.95. The molecule has 1 aliphatic heterocycles. The molecule has 1 unspecified atom stereocenters. The molecule has 0 saturated carbocycles. The van der Waals surface area contributed by atoms with Crippen molar-refractivity contribution in [3.63, 3.8) is 0 Å². The second kappa shape index (κ2) is 10.9. The Kier molecular flexibility index (Phi) is 8.16. The molecule has 0 amide bonds. The minimum Gasteiger partial charge on any atom is -0.462 e. The van der Waals surface area contributed by atoms with Crippen molar-refractivity contribution in [2.45, 2.75) is 46.1 Å². The smallest absolute Gasteiger partial charge is 0.337 e. The molecule has 0 fully saturated rings. The van der Waals surface area contributed by atoms with Gasteiger partial charge >= 0.3 is 11.9 Å². The van der Waals surface area contributed by atoms with E-state index < -0.39 is 17.9 Å². The third-order valence-corrected chi connectivity index (χ3v) is 5.91. The molecule has 0 radical (unpaired) electrons. The highest BCUT2D eigenvalue weighted by atomic mass is 35.5. The van der Waals surface area contributed by atoms with E-state index in [0.717, 1.165) is 5.56 Å². The van der Waals surface area contributed by atoms with E-state index in [1.165, 1.54) is 0 Å². The second-order valence-corrected chi connectivity index (χ2v) is 8.82. The molecule has 1 atom stereocenters. The van der Waals surface area contributed by atoms with Crippen molar-refractivity contribution in [3.05, 3.63) is 86.4 Å². The van der Waals surface area contributed by atoms with Crippen LogP contribution in [0.2, 0.25) is 10.0 Å². The van der Waals surface area contributed by atoms with Gasteiger partial charge in [0.1, 0.15) is 0 Å². The van der Waals surface area contributed by atoms with E-state index in [1.54, 1.807) is 58.3 Å². The second-order valence-electron chi connectivity index (χ2n) is 8.01. The van der Waals surface area contributed by atoms with E-state index in [0.29, 0.717) is 44.6 Å². The molecule has 2 heterocycles. The number of rotatable bonds is 7. The molecular formula is C25H26Cl2N2O4. The van der Waals surface area contributed by atoms with Crippen LogP contribution in [0, 0.1) is 0 Å². The minimum atomic E-state index is -0.663. The summed E-state index contributed by atoms with van der Waals surface area (Å²) in [6, 6.07) is 8.88. The van der Waals surface area contributed by atoms with Crippen molar-refractivity contribution in [1.29, 1.82) is 0 Å². The molecule has 2 aromatic rings. The van der Waals surface area contributed by atoms with Gasteiger partial charge in [0.05, 0.1) is 39.8 Å². The molecule has 1 aliphatic rings. The molecule has 0 bridgehead atoms. The molecule has 33 heavy (non-hydrogen) atoms. The minimum absolute atomic E-state index is 0.141. The first kappa shape index (κ1) is 24.8. The number of dihydropyridines is 1. The molecule has 174 valence electrons. The number of nitrogens with zero attached hydrogens (tertiary/aromatic N) is 1. The SMILES string of the molecule is CC1=C(C(=O)OCCc2ccc(Cl)c(Cl)c2)C(c2cccnc2)C(C(=O)OC(C)C)=C(C)N1. The number of aromatic nitrogens is 1. The van der Waals surface area contributed by atoms with Crippen LogP contribution in [0.1, 0.15) is 44.7 Å². The van der Waals surface area contributed by atoms with E-state index in [1.807, 2.05) is 12.1 Å².